The fourth-order valence-electron chi connectivity index (χ4n) is 3.23. The van der Waals surface area contributed by atoms with Crippen LogP contribution in [0, 0.1) is 22.7 Å². The van der Waals surface area contributed by atoms with Crippen molar-refractivity contribution in [3.63, 3.8) is 0 Å². The van der Waals surface area contributed by atoms with Crippen molar-refractivity contribution in [2.24, 2.45) is 11.3 Å². The summed E-state index contributed by atoms with van der Waals surface area (Å²) in [5, 5.41) is 13.1. The molecule has 0 aromatic carbocycles. The van der Waals surface area contributed by atoms with Crippen LogP contribution < -0.4 is 5.32 Å². The molecule has 2 aromatic rings. The molecule has 0 spiro atoms. The van der Waals surface area contributed by atoms with Gasteiger partial charge in [-0.3, -0.25) is 4.79 Å². The van der Waals surface area contributed by atoms with Crippen LogP contribution in [0.1, 0.15) is 49.0 Å². The minimum Gasteiger partial charge on any atom is -0.465 e. The van der Waals surface area contributed by atoms with Gasteiger partial charge in [-0.2, -0.15) is 5.26 Å². The van der Waals surface area contributed by atoms with E-state index in [1.54, 1.807) is 35.8 Å². The molecule has 1 N–H and O–H groups in total. The van der Waals surface area contributed by atoms with Crippen molar-refractivity contribution in [2.45, 2.75) is 40.0 Å². The van der Waals surface area contributed by atoms with Crippen LogP contribution in [-0.2, 0) is 17.6 Å². The summed E-state index contributed by atoms with van der Waals surface area (Å²) in [7, 11) is 0. The van der Waals surface area contributed by atoms with E-state index in [1.165, 1.54) is 11.0 Å². The van der Waals surface area contributed by atoms with Gasteiger partial charge in [0.15, 0.2) is 0 Å². The third-order valence-corrected chi connectivity index (χ3v) is 5.95. The van der Waals surface area contributed by atoms with Gasteiger partial charge in [-0.25, -0.2) is 0 Å². The van der Waals surface area contributed by atoms with Crippen LogP contribution in [0.25, 0.3) is 6.08 Å². The molecule has 1 aliphatic rings. The fraction of sp³-hybridized carbons (Fsp3) is 0.400. The van der Waals surface area contributed by atoms with Crippen LogP contribution in [-0.4, -0.2) is 5.91 Å². The Bertz CT molecular complexity index is 832. The first-order valence-corrected chi connectivity index (χ1v) is 9.27. The maximum Gasteiger partial charge on any atom is 0.249 e. The molecule has 130 valence electrons. The van der Waals surface area contributed by atoms with Crippen molar-refractivity contribution in [1.29, 1.82) is 5.26 Å². The third kappa shape index (κ3) is 3.85. The van der Waals surface area contributed by atoms with Crippen LogP contribution in [0.3, 0.4) is 0 Å². The normalized spacial score (nSPS) is 17.3. The Balaban J connectivity index is 1.78. The van der Waals surface area contributed by atoms with Crippen LogP contribution in [0.2, 0.25) is 0 Å². The zero-order chi connectivity index (χ0) is 18.0. The minimum atomic E-state index is -0.251. The third-order valence-electron chi connectivity index (χ3n) is 4.78. The number of nitrogens with zero attached hydrogens (tertiary/aromatic N) is 1. The summed E-state index contributed by atoms with van der Waals surface area (Å²) in [6, 6.07) is 5.83. The molecule has 0 saturated carbocycles. The summed E-state index contributed by atoms with van der Waals surface area (Å²) >= 11 is 1.55. The average molecular weight is 354 g/mol. The van der Waals surface area contributed by atoms with Gasteiger partial charge in [0.25, 0.3) is 0 Å². The molecule has 4 nitrogen and oxygen atoms in total. The Kier molecular flexibility index (Phi) is 4.82. The van der Waals surface area contributed by atoms with E-state index < -0.39 is 0 Å². The van der Waals surface area contributed by atoms with Gasteiger partial charge in [0.2, 0.25) is 5.91 Å². The lowest BCUT2D eigenvalue weighted by atomic mass is 9.72. The molecule has 2 heterocycles. The Morgan fingerprint density at radius 2 is 2.28 bits per heavy atom. The molecular formula is C20H22N2O2S. The van der Waals surface area contributed by atoms with Crippen LogP contribution in [0.4, 0.5) is 5.00 Å². The number of hydrogen-bond acceptors (Lipinski definition) is 4. The largest absolute Gasteiger partial charge is 0.465 e. The first kappa shape index (κ1) is 17.5. The fourth-order valence-corrected chi connectivity index (χ4v) is 4.51. The molecule has 0 saturated heterocycles. The van der Waals surface area contributed by atoms with Crippen molar-refractivity contribution in [3.8, 4) is 6.07 Å². The first-order valence-electron chi connectivity index (χ1n) is 8.45. The van der Waals surface area contributed by atoms with Crippen molar-refractivity contribution in [1.82, 2.24) is 0 Å². The van der Waals surface area contributed by atoms with Crippen molar-refractivity contribution < 1.29 is 9.21 Å². The Hall–Kier alpha value is -2.32. The van der Waals surface area contributed by atoms with E-state index in [9.17, 15) is 10.1 Å². The number of nitrogens with one attached hydrogen (secondary N) is 1. The molecule has 0 radical (unpaired) electrons. The topological polar surface area (TPSA) is 66.0 Å². The molecule has 0 bridgehead atoms. The summed E-state index contributed by atoms with van der Waals surface area (Å²) in [4.78, 5) is 13.4. The van der Waals surface area contributed by atoms with E-state index in [1.807, 2.05) is 0 Å². The second kappa shape index (κ2) is 6.89. The van der Waals surface area contributed by atoms with Gasteiger partial charge in [-0.1, -0.05) is 20.8 Å². The number of nitriles is 1. The van der Waals surface area contributed by atoms with Crippen LogP contribution in [0.15, 0.2) is 28.9 Å². The molecule has 0 fully saturated rings. The standard InChI is InChI=1S/C20H22N2O2S/c1-20(2,3)13-6-8-15-16(12-21)19(25-17(15)11-13)22-18(23)9-7-14-5-4-10-24-14/h4-5,7,9-10,13H,6,8,11H2,1-3H3,(H,22,23)/b9-7+/t13-/m0/s1. The van der Waals surface area contributed by atoms with Gasteiger partial charge < -0.3 is 9.73 Å². The number of rotatable bonds is 3. The number of furan rings is 1. The summed E-state index contributed by atoms with van der Waals surface area (Å²) in [5.74, 6) is 0.973. The van der Waals surface area contributed by atoms with E-state index in [4.69, 9.17) is 4.42 Å². The number of thiophene rings is 1. The number of carbonyl (C=O) groups excluding carboxylic acids is 1. The van der Waals surface area contributed by atoms with Gasteiger partial charge in [0.1, 0.15) is 16.8 Å². The van der Waals surface area contributed by atoms with Gasteiger partial charge in [-0.15, -0.1) is 11.3 Å². The molecular weight excluding hydrogens is 332 g/mol. The van der Waals surface area contributed by atoms with Crippen molar-refractivity contribution >= 4 is 28.3 Å². The van der Waals surface area contributed by atoms with E-state index in [2.05, 4.69) is 32.2 Å². The van der Waals surface area contributed by atoms with Gasteiger partial charge >= 0.3 is 0 Å². The molecule has 3 rings (SSSR count). The molecule has 5 heteroatoms. The van der Waals surface area contributed by atoms with Gasteiger partial charge in [-0.05, 0) is 54.4 Å². The summed E-state index contributed by atoms with van der Waals surface area (Å²) in [6.07, 6.45) is 7.59. The maximum atomic E-state index is 12.2. The molecule has 1 atom stereocenters. The summed E-state index contributed by atoms with van der Waals surface area (Å²) in [6.45, 7) is 6.80. The molecule has 1 aliphatic carbocycles. The molecule has 0 aliphatic heterocycles. The SMILES string of the molecule is CC(C)(C)[C@H]1CCc2c(sc(NC(=O)/C=C/c3ccco3)c2C#N)C1. The average Bonchev–Trinajstić information content (AvgIpc) is 3.18. The number of anilines is 1. The summed E-state index contributed by atoms with van der Waals surface area (Å²) in [5.41, 5.74) is 2.01. The minimum absolute atomic E-state index is 0.251. The lowest BCUT2D eigenvalue weighted by Gasteiger charge is -2.33. The highest BCUT2D eigenvalue weighted by Gasteiger charge is 2.32. The molecule has 0 unspecified atom stereocenters. The zero-order valence-corrected chi connectivity index (χ0v) is 15.6. The Morgan fingerprint density at radius 3 is 2.92 bits per heavy atom. The highest BCUT2D eigenvalue weighted by Crippen LogP contribution is 2.43. The molecule has 1 amide bonds. The van der Waals surface area contributed by atoms with E-state index >= 15 is 0 Å². The quantitative estimate of drug-likeness (QED) is 0.787. The maximum absolute atomic E-state index is 12.2. The molecule has 2 aromatic heterocycles. The lowest BCUT2D eigenvalue weighted by molar-refractivity contribution is -0.111. The zero-order valence-electron chi connectivity index (χ0n) is 14.8. The Morgan fingerprint density at radius 1 is 1.48 bits per heavy atom. The number of amides is 1. The first-order chi connectivity index (χ1) is 11.9. The van der Waals surface area contributed by atoms with E-state index in [-0.39, 0.29) is 11.3 Å². The molecule has 25 heavy (non-hydrogen) atoms. The predicted octanol–water partition coefficient (Wildman–Crippen LogP) is 5.02. The van der Waals surface area contributed by atoms with E-state index in [0.717, 1.165) is 24.8 Å². The van der Waals surface area contributed by atoms with E-state index in [0.29, 0.717) is 22.2 Å². The highest BCUT2D eigenvalue weighted by atomic mass is 32.1. The lowest BCUT2D eigenvalue weighted by Crippen LogP contribution is -2.26. The Labute approximate surface area is 152 Å². The monoisotopic (exact) mass is 354 g/mol. The number of hydrogen-bond donors (Lipinski definition) is 1. The van der Waals surface area contributed by atoms with Crippen molar-refractivity contribution in [3.05, 3.63) is 46.2 Å². The van der Waals surface area contributed by atoms with Crippen LogP contribution in [0.5, 0.6) is 0 Å². The second-order valence-electron chi connectivity index (χ2n) is 7.46. The van der Waals surface area contributed by atoms with Gasteiger partial charge in [0.05, 0.1) is 11.8 Å². The smallest absolute Gasteiger partial charge is 0.249 e. The van der Waals surface area contributed by atoms with Crippen molar-refractivity contribution in [2.75, 3.05) is 5.32 Å². The highest BCUT2D eigenvalue weighted by molar-refractivity contribution is 7.16. The summed E-state index contributed by atoms with van der Waals surface area (Å²) < 4.78 is 5.17. The van der Waals surface area contributed by atoms with Crippen LogP contribution >= 0.6 is 11.3 Å². The predicted molar refractivity (Wildman–Crippen MR) is 100 cm³/mol. The second-order valence-corrected chi connectivity index (χ2v) is 8.57. The number of carbonyl (C=O) groups is 1. The number of fused-ring (bicyclic) bond motifs is 1. The van der Waals surface area contributed by atoms with Gasteiger partial charge in [0, 0.05) is 11.0 Å².